The second-order valence-electron chi connectivity index (χ2n) is 13.2. The van der Waals surface area contributed by atoms with Crippen LogP contribution >= 0.6 is 0 Å². The molecule has 40 heavy (non-hydrogen) atoms. The molecular weight excluding hydrogens is 533 g/mol. The van der Waals surface area contributed by atoms with Crippen LogP contribution in [-0.4, -0.2) is 105 Å². The van der Waals surface area contributed by atoms with Crippen molar-refractivity contribution in [1.29, 1.82) is 0 Å². The molecule has 5 atom stereocenters. The third-order valence-corrected chi connectivity index (χ3v) is 13.0. The summed E-state index contributed by atoms with van der Waals surface area (Å²) in [6.07, 6.45) is 9.19. The summed E-state index contributed by atoms with van der Waals surface area (Å²) in [7, 11) is -3.20. The summed E-state index contributed by atoms with van der Waals surface area (Å²) in [6.45, 7) is 4.44. The maximum atomic E-state index is 14.7. The highest BCUT2D eigenvalue weighted by Crippen LogP contribution is 2.46. The molecule has 0 radical (unpaired) electrons. The molecule has 0 aromatic rings. The number of alkyl halides is 1. The summed E-state index contributed by atoms with van der Waals surface area (Å²) >= 11 is 0. The van der Waals surface area contributed by atoms with E-state index in [0.29, 0.717) is 52.0 Å². The van der Waals surface area contributed by atoms with Gasteiger partial charge in [0.1, 0.15) is 6.17 Å². The number of nitrogens with one attached hydrogen (secondary N) is 3. The first-order valence-electron chi connectivity index (χ1n) is 15.8. The Balaban J connectivity index is 1.24. The van der Waals surface area contributed by atoms with Crippen LogP contribution in [0, 0.1) is 11.3 Å². The zero-order valence-electron chi connectivity index (χ0n) is 24.0. The molecule has 0 aromatic carbocycles. The van der Waals surface area contributed by atoms with Gasteiger partial charge in [0.25, 0.3) is 0 Å². The molecule has 1 amide bonds. The highest BCUT2D eigenvalue weighted by Gasteiger charge is 2.44. The van der Waals surface area contributed by atoms with E-state index in [2.05, 4.69) is 20.9 Å². The Morgan fingerprint density at radius 1 is 0.950 bits per heavy atom. The molecule has 1 spiro atoms. The number of piperidine rings is 2. The van der Waals surface area contributed by atoms with Crippen molar-refractivity contribution in [2.24, 2.45) is 22.8 Å². The quantitative estimate of drug-likeness (QED) is 0.274. The second-order valence-corrected chi connectivity index (χ2v) is 15.4. The molecule has 7 N–H and O–H groups in total. The Hall–Kier alpha value is -0.890. The first-order valence-corrected chi connectivity index (χ1v) is 17.3. The van der Waals surface area contributed by atoms with Gasteiger partial charge in [0.15, 0.2) is 0 Å². The second kappa shape index (κ2) is 13.2. The molecule has 5 fully saturated rings. The van der Waals surface area contributed by atoms with Gasteiger partial charge in [0, 0.05) is 38.3 Å². The minimum absolute atomic E-state index is 0.0454. The molecule has 4 saturated heterocycles. The number of carbonyl (C=O) groups excluding carboxylic acids is 1. The van der Waals surface area contributed by atoms with Gasteiger partial charge in [-0.3, -0.25) is 9.69 Å². The lowest BCUT2D eigenvalue weighted by molar-refractivity contribution is -0.128. The number of sulfonamides is 1. The van der Waals surface area contributed by atoms with E-state index in [-0.39, 0.29) is 41.2 Å². The van der Waals surface area contributed by atoms with E-state index in [9.17, 15) is 17.6 Å². The molecule has 1 aliphatic carbocycles. The SMILES string of the molecule is NC(N)C(C(=O)NC1CNCCC1N1CCC(S(=O)(=O)N2CCC2)CC1)C1CC2(CCCCC2)CCC(F)CN1. The molecule has 5 unspecified atom stereocenters. The van der Waals surface area contributed by atoms with Gasteiger partial charge in [-0.2, -0.15) is 0 Å². The van der Waals surface area contributed by atoms with Crippen molar-refractivity contribution in [3.05, 3.63) is 0 Å². The van der Waals surface area contributed by atoms with Gasteiger partial charge >= 0.3 is 0 Å². The number of nitrogens with zero attached hydrogens (tertiary/aromatic N) is 2. The zero-order valence-corrected chi connectivity index (χ0v) is 24.9. The number of rotatable bonds is 7. The number of amides is 1. The van der Waals surface area contributed by atoms with Gasteiger partial charge in [0.05, 0.1) is 23.4 Å². The first kappa shape index (κ1) is 30.6. The van der Waals surface area contributed by atoms with Crippen molar-refractivity contribution in [2.45, 2.75) is 113 Å². The Morgan fingerprint density at radius 3 is 2.33 bits per heavy atom. The van der Waals surface area contributed by atoms with E-state index < -0.39 is 28.3 Å². The van der Waals surface area contributed by atoms with Crippen LogP contribution in [0.4, 0.5) is 4.39 Å². The van der Waals surface area contributed by atoms with E-state index in [0.717, 1.165) is 57.9 Å². The lowest BCUT2D eigenvalue weighted by Gasteiger charge is -2.46. The number of hydrogen-bond acceptors (Lipinski definition) is 8. The first-order chi connectivity index (χ1) is 19.2. The molecule has 0 bridgehead atoms. The van der Waals surface area contributed by atoms with Crippen LogP contribution in [0.1, 0.15) is 77.0 Å². The summed E-state index contributed by atoms with van der Waals surface area (Å²) in [6, 6.07) is -0.274. The predicted molar refractivity (Wildman–Crippen MR) is 155 cm³/mol. The zero-order chi connectivity index (χ0) is 28.3. The average molecular weight is 586 g/mol. The van der Waals surface area contributed by atoms with Crippen LogP contribution in [0.2, 0.25) is 0 Å². The van der Waals surface area contributed by atoms with Crippen LogP contribution in [0.15, 0.2) is 0 Å². The van der Waals surface area contributed by atoms with Gasteiger partial charge in [-0.1, -0.05) is 19.3 Å². The van der Waals surface area contributed by atoms with Crippen molar-refractivity contribution >= 4 is 15.9 Å². The third kappa shape index (κ3) is 6.84. The maximum absolute atomic E-state index is 14.7. The highest BCUT2D eigenvalue weighted by molar-refractivity contribution is 7.89. The van der Waals surface area contributed by atoms with Gasteiger partial charge in [-0.15, -0.1) is 0 Å². The molecule has 10 nitrogen and oxygen atoms in total. The Morgan fingerprint density at radius 2 is 1.68 bits per heavy atom. The van der Waals surface area contributed by atoms with Gasteiger partial charge in [0.2, 0.25) is 15.9 Å². The molecule has 5 rings (SSSR count). The topological polar surface area (TPSA) is 146 Å². The molecule has 1 saturated carbocycles. The Kier molecular flexibility index (Phi) is 10.1. The smallest absolute Gasteiger partial charge is 0.227 e. The number of likely N-dealkylation sites (tertiary alicyclic amines) is 1. The molecule has 0 aromatic heterocycles. The molecule has 4 aliphatic heterocycles. The summed E-state index contributed by atoms with van der Waals surface area (Å²) in [5.74, 6) is -0.817. The minimum Gasteiger partial charge on any atom is -0.350 e. The molecule has 12 heteroatoms. The predicted octanol–water partition coefficient (Wildman–Crippen LogP) is 0.623. The van der Waals surface area contributed by atoms with E-state index in [1.165, 1.54) is 6.42 Å². The average Bonchev–Trinajstić information content (AvgIpc) is 2.89. The van der Waals surface area contributed by atoms with Crippen LogP contribution in [0.5, 0.6) is 0 Å². The van der Waals surface area contributed by atoms with E-state index in [4.69, 9.17) is 11.5 Å². The summed E-state index contributed by atoms with van der Waals surface area (Å²) in [5.41, 5.74) is 12.6. The molecule has 5 aliphatic rings. The summed E-state index contributed by atoms with van der Waals surface area (Å²) in [5, 5.41) is 9.78. The van der Waals surface area contributed by atoms with Crippen LogP contribution in [0.25, 0.3) is 0 Å². The van der Waals surface area contributed by atoms with E-state index in [1.54, 1.807) is 4.31 Å². The van der Waals surface area contributed by atoms with Crippen LogP contribution in [0.3, 0.4) is 0 Å². The number of carbonyl (C=O) groups is 1. The lowest BCUT2D eigenvalue weighted by atomic mass is 9.65. The summed E-state index contributed by atoms with van der Waals surface area (Å²) < 4.78 is 42.2. The van der Waals surface area contributed by atoms with Gasteiger partial charge in [-0.25, -0.2) is 17.1 Å². The minimum atomic E-state index is -3.20. The fourth-order valence-corrected chi connectivity index (χ4v) is 10.1. The van der Waals surface area contributed by atoms with Gasteiger partial charge in [-0.05, 0) is 82.8 Å². The largest absolute Gasteiger partial charge is 0.350 e. The maximum Gasteiger partial charge on any atom is 0.227 e. The number of halogens is 1. The van der Waals surface area contributed by atoms with Crippen molar-refractivity contribution < 1.29 is 17.6 Å². The number of nitrogens with two attached hydrogens (primary N) is 2. The van der Waals surface area contributed by atoms with Crippen molar-refractivity contribution in [1.82, 2.24) is 25.2 Å². The van der Waals surface area contributed by atoms with Crippen LogP contribution < -0.4 is 27.4 Å². The van der Waals surface area contributed by atoms with Crippen molar-refractivity contribution in [3.63, 3.8) is 0 Å². The fraction of sp³-hybridized carbons (Fsp3) is 0.964. The molecule has 4 heterocycles. The van der Waals surface area contributed by atoms with Crippen LogP contribution in [-0.2, 0) is 14.8 Å². The highest BCUT2D eigenvalue weighted by atomic mass is 32.2. The lowest BCUT2D eigenvalue weighted by Crippen LogP contribution is -2.65. The Bertz CT molecular complexity index is 952. The standard InChI is InChI=1S/C28H52FN7O3S/c29-20-5-11-28(9-2-1-3-10-28)17-22(33-18-20)25(26(30)31)27(37)34-23-19-32-12-6-24(23)35-15-7-21(8-16-35)40(38,39)36-13-4-14-36/h20-26,32-33H,1-19,30-31H2,(H,34,37). The molecular formula is C28H52FN7O3S. The normalized spacial score (nSPS) is 34.1. The fourth-order valence-electron chi connectivity index (χ4n) is 8.09. The summed E-state index contributed by atoms with van der Waals surface area (Å²) in [4.78, 5) is 16.3. The van der Waals surface area contributed by atoms with E-state index in [1.807, 2.05) is 0 Å². The van der Waals surface area contributed by atoms with Gasteiger partial charge < -0.3 is 27.4 Å². The monoisotopic (exact) mass is 585 g/mol. The third-order valence-electron chi connectivity index (χ3n) is 10.6. The van der Waals surface area contributed by atoms with Crippen molar-refractivity contribution in [3.8, 4) is 0 Å². The molecule has 230 valence electrons. The van der Waals surface area contributed by atoms with E-state index >= 15 is 0 Å². The number of hydrogen-bond donors (Lipinski definition) is 5. The Labute approximate surface area is 240 Å². The van der Waals surface area contributed by atoms with Crippen molar-refractivity contribution in [2.75, 3.05) is 45.8 Å².